The SMILES string of the molecule is O=C1CCN(c2ccc(Br)cc2)C(=O)C2(CCCCC2)N1. The number of nitrogens with one attached hydrogen (secondary N) is 1. The molecule has 112 valence electrons. The number of benzene rings is 1. The maximum Gasteiger partial charge on any atom is 0.252 e. The molecule has 0 aromatic heterocycles. The van der Waals surface area contributed by atoms with E-state index >= 15 is 0 Å². The van der Waals surface area contributed by atoms with Crippen LogP contribution in [0.1, 0.15) is 38.5 Å². The van der Waals surface area contributed by atoms with Crippen LogP contribution in [0.15, 0.2) is 28.7 Å². The predicted octanol–water partition coefficient (Wildman–Crippen LogP) is 3.00. The number of carbonyl (C=O) groups is 2. The van der Waals surface area contributed by atoms with Gasteiger partial charge in [0, 0.05) is 23.1 Å². The van der Waals surface area contributed by atoms with Crippen LogP contribution in [0, 0.1) is 0 Å². The molecule has 5 heteroatoms. The molecule has 1 aromatic carbocycles. The zero-order valence-corrected chi connectivity index (χ0v) is 13.5. The summed E-state index contributed by atoms with van der Waals surface area (Å²) in [5, 5.41) is 3.02. The molecule has 2 aliphatic rings. The molecule has 21 heavy (non-hydrogen) atoms. The molecule has 1 saturated heterocycles. The van der Waals surface area contributed by atoms with Crippen LogP contribution >= 0.6 is 15.9 Å². The van der Waals surface area contributed by atoms with E-state index in [1.54, 1.807) is 4.90 Å². The molecule has 1 saturated carbocycles. The lowest BCUT2D eigenvalue weighted by Gasteiger charge is -2.38. The molecular weight excluding hydrogens is 332 g/mol. The highest BCUT2D eigenvalue weighted by Crippen LogP contribution is 2.33. The number of hydrogen-bond acceptors (Lipinski definition) is 2. The summed E-state index contributed by atoms with van der Waals surface area (Å²) >= 11 is 3.41. The van der Waals surface area contributed by atoms with Gasteiger partial charge >= 0.3 is 0 Å². The molecule has 1 aliphatic carbocycles. The van der Waals surface area contributed by atoms with E-state index < -0.39 is 5.54 Å². The number of nitrogens with zero attached hydrogens (tertiary/aromatic N) is 1. The Morgan fingerprint density at radius 2 is 1.71 bits per heavy atom. The Labute approximate surface area is 133 Å². The second kappa shape index (κ2) is 5.79. The minimum Gasteiger partial charge on any atom is -0.342 e. The molecule has 1 N–H and O–H groups in total. The van der Waals surface area contributed by atoms with Gasteiger partial charge in [-0.3, -0.25) is 9.59 Å². The number of carbonyl (C=O) groups excluding carboxylic acids is 2. The molecule has 4 nitrogen and oxygen atoms in total. The minimum absolute atomic E-state index is 0.00939. The van der Waals surface area contributed by atoms with Gasteiger partial charge in [-0.1, -0.05) is 35.2 Å². The Balaban J connectivity index is 1.94. The van der Waals surface area contributed by atoms with Crippen molar-refractivity contribution in [2.24, 2.45) is 0 Å². The fraction of sp³-hybridized carbons (Fsp3) is 0.500. The minimum atomic E-state index is -0.682. The summed E-state index contributed by atoms with van der Waals surface area (Å²) in [4.78, 5) is 26.9. The van der Waals surface area contributed by atoms with Crippen LogP contribution in [0.4, 0.5) is 5.69 Å². The van der Waals surface area contributed by atoms with Crippen LogP contribution in [-0.2, 0) is 9.59 Å². The van der Waals surface area contributed by atoms with E-state index in [0.29, 0.717) is 13.0 Å². The smallest absolute Gasteiger partial charge is 0.252 e. The lowest BCUT2D eigenvalue weighted by Crippen LogP contribution is -2.58. The topological polar surface area (TPSA) is 49.4 Å². The normalized spacial score (nSPS) is 22.0. The molecule has 0 bridgehead atoms. The first-order valence-electron chi connectivity index (χ1n) is 7.49. The van der Waals surface area contributed by atoms with Gasteiger partial charge < -0.3 is 10.2 Å². The Morgan fingerprint density at radius 3 is 2.38 bits per heavy atom. The van der Waals surface area contributed by atoms with E-state index in [1.807, 2.05) is 24.3 Å². The number of anilines is 1. The third-order valence-electron chi connectivity index (χ3n) is 4.44. The van der Waals surface area contributed by atoms with Gasteiger partial charge in [-0.2, -0.15) is 0 Å². The van der Waals surface area contributed by atoms with Crippen molar-refractivity contribution in [1.29, 1.82) is 0 Å². The highest BCUT2D eigenvalue weighted by molar-refractivity contribution is 9.10. The standard InChI is InChI=1S/C16H19BrN2O2/c17-12-4-6-13(7-5-12)19-11-8-14(20)18-16(15(19)21)9-2-1-3-10-16/h4-7H,1-3,8-11H2,(H,18,20). The molecule has 2 fully saturated rings. The summed E-state index contributed by atoms with van der Waals surface area (Å²) < 4.78 is 0.982. The average molecular weight is 351 g/mol. The Bertz CT molecular complexity index is 550. The quantitative estimate of drug-likeness (QED) is 0.846. The van der Waals surface area contributed by atoms with Crippen LogP contribution in [0.25, 0.3) is 0 Å². The summed E-state index contributed by atoms with van der Waals surface area (Å²) in [6, 6.07) is 7.70. The fourth-order valence-electron chi connectivity index (χ4n) is 3.32. The van der Waals surface area contributed by atoms with Crippen molar-refractivity contribution >= 4 is 33.4 Å². The van der Waals surface area contributed by atoms with Crippen molar-refractivity contribution in [3.63, 3.8) is 0 Å². The van der Waals surface area contributed by atoms with Crippen molar-refractivity contribution in [3.8, 4) is 0 Å². The number of rotatable bonds is 1. The first kappa shape index (κ1) is 14.6. The molecule has 2 amide bonds. The second-order valence-corrected chi connectivity index (χ2v) is 6.79. The third-order valence-corrected chi connectivity index (χ3v) is 4.97. The molecule has 1 heterocycles. The van der Waals surface area contributed by atoms with E-state index in [1.165, 1.54) is 0 Å². The average Bonchev–Trinajstić information content (AvgIpc) is 2.60. The zero-order valence-electron chi connectivity index (χ0n) is 11.9. The lowest BCUT2D eigenvalue weighted by atomic mass is 9.80. The Morgan fingerprint density at radius 1 is 1.05 bits per heavy atom. The van der Waals surface area contributed by atoms with Crippen molar-refractivity contribution in [1.82, 2.24) is 5.32 Å². The molecule has 0 radical (unpaired) electrons. The van der Waals surface area contributed by atoms with E-state index in [-0.39, 0.29) is 11.8 Å². The first-order chi connectivity index (χ1) is 10.1. The van der Waals surface area contributed by atoms with Crippen molar-refractivity contribution in [3.05, 3.63) is 28.7 Å². The number of hydrogen-bond donors (Lipinski definition) is 1. The van der Waals surface area contributed by atoms with Gasteiger partial charge in [-0.05, 0) is 37.1 Å². The highest BCUT2D eigenvalue weighted by atomic mass is 79.9. The summed E-state index contributed by atoms with van der Waals surface area (Å²) in [5.74, 6) is 0.0419. The lowest BCUT2D eigenvalue weighted by molar-refractivity contribution is -0.131. The van der Waals surface area contributed by atoms with Crippen LogP contribution in [0.2, 0.25) is 0 Å². The summed E-state index contributed by atoms with van der Waals surface area (Å²) in [6.45, 7) is 0.452. The van der Waals surface area contributed by atoms with Crippen molar-refractivity contribution in [2.75, 3.05) is 11.4 Å². The van der Waals surface area contributed by atoms with Crippen LogP contribution in [-0.4, -0.2) is 23.9 Å². The van der Waals surface area contributed by atoms with Gasteiger partial charge in [-0.25, -0.2) is 0 Å². The molecular formula is C16H19BrN2O2. The summed E-state index contributed by atoms with van der Waals surface area (Å²) in [6.07, 6.45) is 5.02. The van der Waals surface area contributed by atoms with E-state index in [2.05, 4.69) is 21.2 Å². The first-order valence-corrected chi connectivity index (χ1v) is 8.29. The van der Waals surface area contributed by atoms with E-state index in [9.17, 15) is 9.59 Å². The summed E-state index contributed by atoms with van der Waals surface area (Å²) in [7, 11) is 0. The van der Waals surface area contributed by atoms with Gasteiger partial charge in [0.15, 0.2) is 0 Å². The van der Waals surface area contributed by atoms with Gasteiger partial charge in [0.1, 0.15) is 5.54 Å². The summed E-state index contributed by atoms with van der Waals surface area (Å²) in [5.41, 5.74) is 0.184. The number of halogens is 1. The predicted molar refractivity (Wildman–Crippen MR) is 85.1 cm³/mol. The van der Waals surface area contributed by atoms with Crippen molar-refractivity contribution in [2.45, 2.75) is 44.1 Å². The largest absolute Gasteiger partial charge is 0.342 e. The van der Waals surface area contributed by atoms with E-state index in [0.717, 1.165) is 42.3 Å². The van der Waals surface area contributed by atoms with E-state index in [4.69, 9.17) is 0 Å². The van der Waals surface area contributed by atoms with Crippen LogP contribution < -0.4 is 10.2 Å². The number of amides is 2. The van der Waals surface area contributed by atoms with Gasteiger partial charge in [0.25, 0.3) is 5.91 Å². The molecule has 3 rings (SSSR count). The zero-order chi connectivity index (χ0) is 14.9. The van der Waals surface area contributed by atoms with Crippen LogP contribution in [0.3, 0.4) is 0 Å². The van der Waals surface area contributed by atoms with Gasteiger partial charge in [-0.15, -0.1) is 0 Å². The molecule has 1 spiro atoms. The third kappa shape index (κ3) is 2.84. The van der Waals surface area contributed by atoms with Gasteiger partial charge in [0.2, 0.25) is 5.91 Å². The molecule has 1 aromatic rings. The molecule has 1 aliphatic heterocycles. The Hall–Kier alpha value is -1.36. The fourth-order valence-corrected chi connectivity index (χ4v) is 3.58. The second-order valence-electron chi connectivity index (χ2n) is 5.87. The maximum atomic E-state index is 13.1. The van der Waals surface area contributed by atoms with Gasteiger partial charge in [0.05, 0.1) is 0 Å². The Kier molecular flexibility index (Phi) is 4.02. The maximum absolute atomic E-state index is 13.1. The van der Waals surface area contributed by atoms with Crippen molar-refractivity contribution < 1.29 is 9.59 Å². The molecule has 0 atom stereocenters. The van der Waals surface area contributed by atoms with Crippen LogP contribution in [0.5, 0.6) is 0 Å². The monoisotopic (exact) mass is 350 g/mol. The highest BCUT2D eigenvalue weighted by Gasteiger charge is 2.45. The molecule has 0 unspecified atom stereocenters.